The molecule has 0 unspecified atom stereocenters. The van der Waals surface area contributed by atoms with Crippen LogP contribution in [-0.4, -0.2) is 93.3 Å². The van der Waals surface area contributed by atoms with Crippen LogP contribution in [0.25, 0.3) is 44.7 Å². The topological polar surface area (TPSA) is 186 Å². The molecule has 2 aliphatic carbocycles. The summed E-state index contributed by atoms with van der Waals surface area (Å²) in [6.07, 6.45) is 16.7. The van der Waals surface area contributed by atoms with Gasteiger partial charge in [-0.15, -0.1) is 0 Å². The van der Waals surface area contributed by atoms with Gasteiger partial charge in [-0.25, -0.2) is 19.6 Å². The number of fused-ring (bicyclic) bond motifs is 1. The number of hydrogen-bond acceptors (Lipinski definition) is 16. The van der Waals surface area contributed by atoms with Gasteiger partial charge < -0.3 is 47.4 Å². The first-order chi connectivity index (χ1) is 45.6. The van der Waals surface area contributed by atoms with E-state index < -0.39 is 11.9 Å². The molecule has 2 saturated carbocycles. The molecule has 93 heavy (non-hydrogen) atoms. The third kappa shape index (κ3) is 22.1. The van der Waals surface area contributed by atoms with Gasteiger partial charge in [-0.1, -0.05) is 62.5 Å². The van der Waals surface area contributed by atoms with Crippen LogP contribution < -0.4 is 33.2 Å². The van der Waals surface area contributed by atoms with Crippen molar-refractivity contribution in [3.05, 3.63) is 165 Å². The zero-order chi connectivity index (χ0) is 64.8. The molecule has 2 fully saturated rings. The summed E-state index contributed by atoms with van der Waals surface area (Å²) in [7, 11) is 0. The number of benzene rings is 6. The molecule has 1 aromatic heterocycles. The van der Waals surface area contributed by atoms with Crippen LogP contribution in [0.4, 0.5) is 0 Å². The maximum Gasteiger partial charge on any atom is 0.330 e. The molecule has 0 N–H and O–H groups in total. The van der Waals surface area contributed by atoms with Gasteiger partial charge in [0.2, 0.25) is 0 Å². The monoisotopic (exact) mass is 1260 g/mol. The van der Waals surface area contributed by atoms with Gasteiger partial charge in [0.05, 0.1) is 80.5 Å². The summed E-state index contributed by atoms with van der Waals surface area (Å²) in [5.74, 6) is 3.55. The quantitative estimate of drug-likeness (QED) is 0.0155. The van der Waals surface area contributed by atoms with Gasteiger partial charge in [-0.2, -0.15) is 0 Å². The Labute approximate surface area is 546 Å². The molecule has 0 amide bonds. The van der Waals surface area contributed by atoms with E-state index in [1.807, 2.05) is 97.1 Å². The largest absolute Gasteiger partial charge is 0.494 e. The van der Waals surface area contributed by atoms with Crippen molar-refractivity contribution in [2.45, 2.75) is 116 Å². The van der Waals surface area contributed by atoms with Crippen LogP contribution in [-0.2, 0) is 33.4 Å². The first-order valence-electron chi connectivity index (χ1n) is 33.2. The van der Waals surface area contributed by atoms with Gasteiger partial charge >= 0.3 is 23.9 Å². The predicted octanol–water partition coefficient (Wildman–Crippen LogP) is 16.4. The molecule has 16 nitrogen and oxygen atoms in total. The number of rotatable bonds is 37. The highest BCUT2D eigenvalue weighted by Crippen LogP contribution is 2.38. The summed E-state index contributed by atoms with van der Waals surface area (Å²) in [5.41, 5.74) is 6.54. The maximum absolute atomic E-state index is 13.3. The molecule has 2 aliphatic rings. The number of nitrogens with zero attached hydrogens (tertiary/aromatic N) is 2. The Morgan fingerprint density at radius 1 is 0.398 bits per heavy atom. The number of hydrogen-bond donors (Lipinski definition) is 0. The second-order valence-electron chi connectivity index (χ2n) is 23.8. The summed E-state index contributed by atoms with van der Waals surface area (Å²) >= 11 is 0. The van der Waals surface area contributed by atoms with Gasteiger partial charge in [-0.05, 0) is 229 Å². The van der Waals surface area contributed by atoms with E-state index in [1.54, 1.807) is 24.3 Å². The van der Waals surface area contributed by atoms with E-state index in [-0.39, 0.29) is 35.6 Å². The molecular formula is C77H88N2O14. The average Bonchev–Trinajstić information content (AvgIpc) is 0.912. The third-order valence-corrected chi connectivity index (χ3v) is 16.7. The van der Waals surface area contributed by atoms with Crippen molar-refractivity contribution in [2.75, 3.05) is 59.5 Å². The summed E-state index contributed by atoms with van der Waals surface area (Å²) in [6.45, 7) is 13.5. The van der Waals surface area contributed by atoms with Crippen molar-refractivity contribution in [3.63, 3.8) is 0 Å². The van der Waals surface area contributed by atoms with Gasteiger partial charge in [0.25, 0.3) is 0 Å². The van der Waals surface area contributed by atoms with Crippen LogP contribution in [0.3, 0.4) is 0 Å². The highest BCUT2D eigenvalue weighted by Gasteiger charge is 2.30. The smallest absolute Gasteiger partial charge is 0.330 e. The molecular weight excluding hydrogens is 1180 g/mol. The van der Waals surface area contributed by atoms with Crippen LogP contribution in [0.5, 0.6) is 40.2 Å². The van der Waals surface area contributed by atoms with Crippen molar-refractivity contribution in [2.24, 2.45) is 23.7 Å². The zero-order valence-electron chi connectivity index (χ0n) is 53.7. The lowest BCUT2D eigenvalue weighted by atomic mass is 9.82. The second-order valence-corrected chi connectivity index (χ2v) is 23.8. The van der Waals surface area contributed by atoms with E-state index in [0.29, 0.717) is 112 Å². The predicted molar refractivity (Wildman–Crippen MR) is 359 cm³/mol. The van der Waals surface area contributed by atoms with E-state index in [9.17, 15) is 19.2 Å². The van der Waals surface area contributed by atoms with Crippen LogP contribution in [0.2, 0.25) is 0 Å². The third-order valence-electron chi connectivity index (χ3n) is 16.7. The molecule has 0 spiro atoms. The first kappa shape index (κ1) is 68.3. The van der Waals surface area contributed by atoms with Crippen molar-refractivity contribution in [1.82, 2.24) is 9.97 Å². The SMILES string of the molecule is C=CC(=O)OCCCCCCOc1ccc(OC(=O)C2CCC(COc3cccc(-c4nc5ccc(-c6cccc(OCCOCCC)c6)cc5nc4-c4cccc(OCC5CCC(C(=O)Oc6ccc(OCCCCCCOC(=O)C=C)cc6)CC5)c4)c3)CC2)cc1. The van der Waals surface area contributed by atoms with Crippen molar-refractivity contribution >= 4 is 34.9 Å². The fourth-order valence-corrected chi connectivity index (χ4v) is 11.5. The number of carbonyl (C=O) groups excluding carboxylic acids is 4. The van der Waals surface area contributed by atoms with Crippen LogP contribution in [0, 0.1) is 23.7 Å². The molecule has 0 bridgehead atoms. The van der Waals surface area contributed by atoms with Crippen molar-refractivity contribution in [3.8, 4) is 73.9 Å². The van der Waals surface area contributed by atoms with Crippen molar-refractivity contribution < 1.29 is 66.5 Å². The van der Waals surface area contributed by atoms with Crippen molar-refractivity contribution in [1.29, 1.82) is 0 Å². The first-order valence-corrected chi connectivity index (χ1v) is 33.2. The highest BCUT2D eigenvalue weighted by molar-refractivity contribution is 5.89. The van der Waals surface area contributed by atoms with Gasteiger partial charge in [0.1, 0.15) is 46.9 Å². The van der Waals surface area contributed by atoms with E-state index in [1.165, 1.54) is 12.2 Å². The van der Waals surface area contributed by atoms with Crippen LogP contribution in [0.1, 0.15) is 116 Å². The van der Waals surface area contributed by atoms with E-state index in [0.717, 1.165) is 141 Å². The Balaban J connectivity index is 0.788. The Bertz CT molecular complexity index is 3520. The molecule has 7 aromatic rings. The molecule has 1 heterocycles. The van der Waals surface area contributed by atoms with Crippen LogP contribution >= 0.6 is 0 Å². The van der Waals surface area contributed by atoms with Gasteiger partial charge in [-0.3, -0.25) is 9.59 Å². The summed E-state index contributed by atoms with van der Waals surface area (Å²) in [5, 5.41) is 0. The molecule has 0 radical (unpaired) electrons. The molecule has 0 saturated heterocycles. The molecule has 490 valence electrons. The lowest BCUT2D eigenvalue weighted by Crippen LogP contribution is -2.27. The Morgan fingerprint density at radius 2 is 0.806 bits per heavy atom. The standard InChI is InChI=1S/C77H88N2O14/c1-4-42-84-47-48-87-67-21-15-18-59(49-67)60-32-41-70-71(52-60)79-75(62-20-17-23-69(51-62)91-54-56-26-30-58(31-27-56)77(83)93-66-39-35-64(36-40-66)86-44-12-8-10-14-46-89-73(81)6-3)74(78-70)61-19-16-22-68(50-61)90-53-55-24-28-57(29-25-55)76(82)92-65-37-33-63(34-38-65)85-43-11-7-9-13-45-88-72(80)5-2/h5-6,15-23,32-41,49-52,55-58H,2-4,7-14,24-31,42-48,53-54H2,1H3. The maximum atomic E-state index is 13.3. The number of carbonyl (C=O) groups is 4. The second kappa shape index (κ2) is 36.9. The summed E-state index contributed by atoms with van der Waals surface area (Å²) in [6, 6.07) is 44.6. The fourth-order valence-electron chi connectivity index (χ4n) is 11.5. The highest BCUT2D eigenvalue weighted by atomic mass is 16.6. The molecule has 0 aliphatic heterocycles. The minimum absolute atomic E-state index is 0.189. The molecule has 9 rings (SSSR count). The average molecular weight is 1270 g/mol. The van der Waals surface area contributed by atoms with E-state index >= 15 is 0 Å². The Kier molecular flexibility index (Phi) is 27.1. The lowest BCUT2D eigenvalue weighted by Gasteiger charge is -2.27. The molecule has 6 aromatic carbocycles. The number of unbranched alkanes of at least 4 members (excludes halogenated alkanes) is 6. The normalized spacial score (nSPS) is 16.1. The lowest BCUT2D eigenvalue weighted by molar-refractivity contribution is -0.141. The molecule has 0 atom stereocenters. The molecule has 16 heteroatoms. The van der Waals surface area contributed by atoms with Gasteiger partial charge in [0, 0.05) is 29.9 Å². The van der Waals surface area contributed by atoms with E-state index in [4.69, 9.17) is 57.3 Å². The Hall–Kier alpha value is -9.02. The fraction of sp³-hybridized carbons (Fsp3) is 0.403. The number of esters is 4. The minimum Gasteiger partial charge on any atom is -0.494 e. The number of ether oxygens (including phenoxy) is 10. The van der Waals surface area contributed by atoms with Crippen LogP contribution in [0.15, 0.2) is 165 Å². The Morgan fingerprint density at radius 3 is 1.28 bits per heavy atom. The number of aromatic nitrogens is 2. The van der Waals surface area contributed by atoms with E-state index in [2.05, 4.69) is 38.3 Å². The zero-order valence-corrected chi connectivity index (χ0v) is 53.7. The van der Waals surface area contributed by atoms with Gasteiger partial charge in [0.15, 0.2) is 0 Å². The summed E-state index contributed by atoms with van der Waals surface area (Å²) in [4.78, 5) is 59.8. The minimum atomic E-state index is -0.396. The summed E-state index contributed by atoms with van der Waals surface area (Å²) < 4.78 is 58.3.